The highest BCUT2D eigenvalue weighted by Gasteiger charge is 2.25. The first-order chi connectivity index (χ1) is 32.4. The van der Waals surface area contributed by atoms with Gasteiger partial charge in [-0.3, -0.25) is 19.3 Å². The second-order valence-corrected chi connectivity index (χ2v) is 17.0. The van der Waals surface area contributed by atoms with Gasteiger partial charge in [-0.2, -0.15) is 4.98 Å². The molecule has 2 unspecified atom stereocenters. The number of unbranched alkanes of at least 4 members (excludes halogenated alkanes) is 2. The number of carbonyl (C=O) groups is 4. The number of anilines is 2. The number of nitrogens with zero attached hydrogens (tertiary/aromatic N) is 8. The number of piperazine rings is 1. The van der Waals surface area contributed by atoms with Crippen molar-refractivity contribution in [1.82, 2.24) is 50.0 Å². The molecule has 9 N–H and O–H groups in total. The number of hydrogen-bond donors (Lipinski definition) is 7. The third kappa shape index (κ3) is 17.4. The summed E-state index contributed by atoms with van der Waals surface area (Å²) in [6.07, 6.45) is 6.62. The van der Waals surface area contributed by atoms with Crippen LogP contribution in [0.25, 0.3) is 11.0 Å². The number of rotatable bonds is 31. The molecule has 5 rings (SSSR count). The Morgan fingerprint density at radius 1 is 0.896 bits per heavy atom. The minimum atomic E-state index is -1.25. The van der Waals surface area contributed by atoms with Crippen LogP contribution >= 0.6 is 11.8 Å². The molecule has 368 valence electrons. The van der Waals surface area contributed by atoms with Gasteiger partial charge in [0.2, 0.25) is 11.9 Å². The molecule has 1 saturated heterocycles. The van der Waals surface area contributed by atoms with Gasteiger partial charge < -0.3 is 66.0 Å². The Balaban J connectivity index is 0.880. The van der Waals surface area contributed by atoms with Gasteiger partial charge in [0.25, 0.3) is 0 Å². The van der Waals surface area contributed by atoms with Crippen molar-refractivity contribution in [3.8, 4) is 5.75 Å². The number of urea groups is 1. The van der Waals surface area contributed by atoms with Gasteiger partial charge in [-0.05, 0) is 24.1 Å². The predicted molar refractivity (Wildman–Crippen MR) is 251 cm³/mol. The predicted octanol–water partition coefficient (Wildman–Crippen LogP) is 1.45. The summed E-state index contributed by atoms with van der Waals surface area (Å²) < 4.78 is 26.3. The van der Waals surface area contributed by atoms with Crippen LogP contribution in [0.4, 0.5) is 16.6 Å². The van der Waals surface area contributed by atoms with E-state index in [1.165, 1.54) is 0 Å². The molecule has 0 radical (unpaired) electrons. The van der Waals surface area contributed by atoms with E-state index >= 15 is 0 Å². The zero-order valence-electron chi connectivity index (χ0n) is 38.3. The Kier molecular flexibility index (Phi) is 21.6. The minimum absolute atomic E-state index is 0.0441. The van der Waals surface area contributed by atoms with E-state index in [9.17, 15) is 24.3 Å². The highest BCUT2D eigenvalue weighted by atomic mass is 32.2. The fraction of sp³-hybridized carbons (Fsp3) is 0.581. The van der Waals surface area contributed by atoms with E-state index in [0.717, 1.165) is 90.9 Å². The number of aliphatic carboxylic acids is 2. The molecule has 1 aliphatic rings. The van der Waals surface area contributed by atoms with Crippen LogP contribution in [0.1, 0.15) is 49.4 Å². The van der Waals surface area contributed by atoms with Crippen LogP contribution in [0.5, 0.6) is 5.75 Å². The largest absolute Gasteiger partial charge is 0.496 e. The molecule has 4 aromatic rings. The molecule has 3 amide bonds. The SMILES string of the molecule is CCCCCNc1nc(N)nc2ccn(Cc3ccc(CN4CCN(C(=O)NCCOCCOCCOCCn5cc(CNC(=O)CC(SCC(N)C(=O)O)C(=O)O)nn5)CC4)cc3OC)c12. The molecule has 23 nitrogen and oxygen atoms in total. The molecule has 1 aromatic carbocycles. The Labute approximate surface area is 393 Å². The second-order valence-electron chi connectivity index (χ2n) is 15.8. The number of aromatic nitrogens is 6. The van der Waals surface area contributed by atoms with E-state index < -0.39 is 29.1 Å². The molecule has 67 heavy (non-hydrogen) atoms. The van der Waals surface area contributed by atoms with Crippen LogP contribution in [0.2, 0.25) is 0 Å². The zero-order chi connectivity index (χ0) is 48.0. The number of nitrogens with two attached hydrogens (primary N) is 2. The second kappa shape index (κ2) is 27.8. The summed E-state index contributed by atoms with van der Waals surface area (Å²) in [5.41, 5.74) is 15.8. The highest BCUT2D eigenvalue weighted by Crippen LogP contribution is 2.28. The lowest BCUT2D eigenvalue weighted by Gasteiger charge is -2.34. The van der Waals surface area contributed by atoms with E-state index in [-0.39, 0.29) is 30.7 Å². The van der Waals surface area contributed by atoms with Crippen molar-refractivity contribution in [3.05, 3.63) is 53.5 Å². The van der Waals surface area contributed by atoms with Crippen LogP contribution in [0.3, 0.4) is 0 Å². The molecular formula is C43H65N13O10S. The van der Waals surface area contributed by atoms with Gasteiger partial charge >= 0.3 is 18.0 Å². The minimum Gasteiger partial charge on any atom is -0.496 e. The Hall–Kier alpha value is -5.79. The van der Waals surface area contributed by atoms with Gasteiger partial charge in [0, 0.05) is 69.7 Å². The normalized spacial score (nSPS) is 13.9. The van der Waals surface area contributed by atoms with E-state index in [2.05, 4.69) is 70.8 Å². The Bertz CT molecular complexity index is 2190. The molecule has 2 atom stereocenters. The lowest BCUT2D eigenvalue weighted by Crippen LogP contribution is -2.51. The molecule has 3 aromatic heterocycles. The third-order valence-electron chi connectivity index (χ3n) is 10.7. The van der Waals surface area contributed by atoms with Crippen molar-refractivity contribution < 1.29 is 48.3 Å². The smallest absolute Gasteiger partial charge is 0.321 e. The summed E-state index contributed by atoms with van der Waals surface area (Å²) >= 11 is 0.800. The summed E-state index contributed by atoms with van der Waals surface area (Å²) in [5, 5.41) is 34.1. The molecule has 1 fully saturated rings. The third-order valence-corrected chi connectivity index (χ3v) is 12.0. The number of thioether (sulfide) groups is 1. The van der Waals surface area contributed by atoms with Gasteiger partial charge in [0.15, 0.2) is 5.82 Å². The number of fused-ring (bicyclic) bond motifs is 1. The molecule has 0 saturated carbocycles. The number of carboxylic acid groups (broad SMARTS) is 2. The number of amides is 3. The number of carboxylic acids is 2. The maximum Gasteiger partial charge on any atom is 0.321 e. The van der Waals surface area contributed by atoms with Gasteiger partial charge in [0.05, 0.1) is 78.1 Å². The standard InChI is InChI=1S/C43H65N13O10S/c1-3-4-5-9-46-39-38-34(49-42(45)50-39)8-11-55(38)27-31-7-6-30(23-35(31)63-2)26-53-12-14-54(15-13-53)43(62)47-10-17-64-19-21-66-22-20-65-18-16-56-28-32(51-52-56)25-48-37(57)24-36(41(60)61)67-29-33(44)40(58)59/h6-8,11,23,28,33,36H,3-5,9-10,12-22,24-27,29,44H2,1-2H3,(H,47,62)(H,48,57)(H,58,59)(H,60,61)(H3,45,46,49,50). The fourth-order valence-corrected chi connectivity index (χ4v) is 8.03. The molecule has 0 aliphatic carbocycles. The average Bonchev–Trinajstić information content (AvgIpc) is 3.95. The van der Waals surface area contributed by atoms with E-state index in [1.54, 1.807) is 18.0 Å². The first kappa shape index (κ1) is 52.2. The zero-order valence-corrected chi connectivity index (χ0v) is 39.1. The molecule has 0 bridgehead atoms. The molecule has 0 spiro atoms. The lowest BCUT2D eigenvalue weighted by molar-refractivity contribution is -0.139. The van der Waals surface area contributed by atoms with Crippen LogP contribution in [0, 0.1) is 0 Å². The van der Waals surface area contributed by atoms with Gasteiger partial charge in [-0.15, -0.1) is 16.9 Å². The summed E-state index contributed by atoms with van der Waals surface area (Å²) in [7, 11) is 1.69. The fourth-order valence-electron chi connectivity index (χ4n) is 7.04. The monoisotopic (exact) mass is 955 g/mol. The first-order valence-electron chi connectivity index (χ1n) is 22.4. The molecule has 4 heterocycles. The average molecular weight is 956 g/mol. The number of hydrogen-bond acceptors (Lipinski definition) is 17. The van der Waals surface area contributed by atoms with Crippen LogP contribution < -0.4 is 32.2 Å². The van der Waals surface area contributed by atoms with E-state index in [0.29, 0.717) is 78.1 Å². The summed E-state index contributed by atoms with van der Waals surface area (Å²) in [6, 6.07) is 6.95. The number of benzene rings is 1. The molecule has 24 heteroatoms. The quantitative estimate of drug-likeness (QED) is 0.0351. The van der Waals surface area contributed by atoms with Crippen molar-refractivity contribution in [2.45, 2.75) is 70.1 Å². The number of ether oxygens (including phenoxy) is 4. The Morgan fingerprint density at radius 3 is 2.36 bits per heavy atom. The molecule has 1 aliphatic heterocycles. The van der Waals surface area contributed by atoms with Crippen molar-refractivity contribution in [3.63, 3.8) is 0 Å². The van der Waals surface area contributed by atoms with E-state index in [4.69, 9.17) is 35.5 Å². The van der Waals surface area contributed by atoms with Crippen molar-refractivity contribution >= 4 is 58.4 Å². The summed E-state index contributed by atoms with van der Waals surface area (Å²) in [5.74, 6) is -1.36. The Morgan fingerprint density at radius 2 is 1.64 bits per heavy atom. The maximum atomic E-state index is 12.8. The van der Waals surface area contributed by atoms with Gasteiger partial charge in [0.1, 0.15) is 28.3 Å². The summed E-state index contributed by atoms with van der Waals surface area (Å²) in [6.45, 7) is 10.1. The first-order valence-corrected chi connectivity index (χ1v) is 23.5. The van der Waals surface area contributed by atoms with Crippen molar-refractivity contribution in [2.75, 3.05) is 103 Å². The van der Waals surface area contributed by atoms with Crippen molar-refractivity contribution in [1.29, 1.82) is 0 Å². The topological polar surface area (TPSA) is 302 Å². The molecular weight excluding hydrogens is 891 g/mol. The highest BCUT2D eigenvalue weighted by molar-refractivity contribution is 8.00. The van der Waals surface area contributed by atoms with Crippen LogP contribution in [0.15, 0.2) is 36.7 Å². The number of nitrogen functional groups attached to an aromatic ring is 1. The summed E-state index contributed by atoms with van der Waals surface area (Å²) in [4.78, 5) is 60.5. The maximum absolute atomic E-state index is 12.8. The van der Waals surface area contributed by atoms with Crippen LogP contribution in [-0.2, 0) is 54.8 Å². The van der Waals surface area contributed by atoms with Crippen LogP contribution in [-0.4, -0.2) is 176 Å². The number of methoxy groups -OCH3 is 1. The number of carbonyl (C=O) groups excluding carboxylic acids is 2. The lowest BCUT2D eigenvalue weighted by atomic mass is 10.1. The van der Waals surface area contributed by atoms with Gasteiger partial charge in [-0.25, -0.2) is 14.5 Å². The van der Waals surface area contributed by atoms with Gasteiger partial charge in [-0.1, -0.05) is 37.1 Å². The van der Waals surface area contributed by atoms with Crippen molar-refractivity contribution in [2.24, 2.45) is 5.73 Å². The van der Waals surface area contributed by atoms with E-state index in [1.807, 2.05) is 17.2 Å². The number of nitrogens with one attached hydrogen (secondary N) is 3.